The molecule has 6 heteroatoms. The fourth-order valence-corrected chi connectivity index (χ4v) is 3.37. The normalized spacial score (nSPS) is 12.1. The largest absolute Gasteiger partial charge is 0.478 e. The number of rotatable bonds is 5. The first-order valence-electron chi connectivity index (χ1n) is 6.07. The van der Waals surface area contributed by atoms with E-state index in [-0.39, 0.29) is 5.56 Å². The second-order valence-electron chi connectivity index (χ2n) is 4.48. The quantitative estimate of drug-likeness (QED) is 0.888. The molecular weight excluding hydrogens is 331 g/mol. The third-order valence-electron chi connectivity index (χ3n) is 2.81. The maximum atomic E-state index is 12.1. The van der Waals surface area contributed by atoms with Gasteiger partial charge in [0.15, 0.2) is 0 Å². The summed E-state index contributed by atoms with van der Waals surface area (Å²) in [5, 5.41) is 9.82. The number of carboxylic acids is 1. The van der Waals surface area contributed by atoms with E-state index in [1.54, 1.807) is 30.3 Å². The molecule has 1 unspecified atom stereocenters. The molecule has 0 radical (unpaired) electrons. The van der Waals surface area contributed by atoms with Crippen LogP contribution in [0.2, 0.25) is 10.0 Å². The minimum absolute atomic E-state index is 0.194. The molecule has 1 atom stereocenters. The Labute approximate surface area is 135 Å². The van der Waals surface area contributed by atoms with Crippen molar-refractivity contribution in [1.82, 2.24) is 0 Å². The molecule has 1 N–H and O–H groups in total. The van der Waals surface area contributed by atoms with Gasteiger partial charge in [0, 0.05) is 22.3 Å². The Morgan fingerprint density at radius 1 is 1.00 bits per heavy atom. The lowest BCUT2D eigenvalue weighted by Gasteiger charge is -2.05. The molecule has 0 aliphatic heterocycles. The lowest BCUT2D eigenvalue weighted by molar-refractivity contribution is 0.0696. The maximum Gasteiger partial charge on any atom is 0.335 e. The fourth-order valence-electron chi connectivity index (χ4n) is 1.85. The van der Waals surface area contributed by atoms with E-state index in [1.165, 1.54) is 12.1 Å². The summed E-state index contributed by atoms with van der Waals surface area (Å²) in [6.07, 6.45) is 0. The Morgan fingerprint density at radius 3 is 2.29 bits per heavy atom. The van der Waals surface area contributed by atoms with Crippen molar-refractivity contribution in [1.29, 1.82) is 0 Å². The van der Waals surface area contributed by atoms with Gasteiger partial charge < -0.3 is 5.11 Å². The lowest BCUT2D eigenvalue weighted by Crippen LogP contribution is -2.02. The third kappa shape index (κ3) is 4.56. The molecule has 0 amide bonds. The van der Waals surface area contributed by atoms with Crippen molar-refractivity contribution in [3.8, 4) is 0 Å². The molecule has 0 heterocycles. The van der Waals surface area contributed by atoms with Crippen molar-refractivity contribution in [2.24, 2.45) is 0 Å². The molecular formula is C15H12Cl2O3S. The number of carboxylic acid groups (broad SMARTS) is 1. The van der Waals surface area contributed by atoms with Crippen LogP contribution in [-0.2, 0) is 22.3 Å². The van der Waals surface area contributed by atoms with Gasteiger partial charge in [-0.2, -0.15) is 0 Å². The highest BCUT2D eigenvalue weighted by Crippen LogP contribution is 2.23. The van der Waals surface area contributed by atoms with E-state index in [4.69, 9.17) is 28.3 Å². The fraction of sp³-hybridized carbons (Fsp3) is 0.133. The number of hydrogen-bond donors (Lipinski definition) is 1. The van der Waals surface area contributed by atoms with Crippen molar-refractivity contribution < 1.29 is 14.1 Å². The zero-order valence-electron chi connectivity index (χ0n) is 10.9. The van der Waals surface area contributed by atoms with Crippen LogP contribution in [-0.4, -0.2) is 15.3 Å². The van der Waals surface area contributed by atoms with E-state index in [0.717, 1.165) is 11.1 Å². The monoisotopic (exact) mass is 342 g/mol. The van der Waals surface area contributed by atoms with Crippen LogP contribution in [0.1, 0.15) is 21.5 Å². The predicted molar refractivity (Wildman–Crippen MR) is 85.4 cm³/mol. The standard InChI is InChI=1S/C15H12Cl2O3S/c16-13-5-4-11(7-14(13)17)9-21(20)8-10-2-1-3-12(6-10)15(18)19/h1-7H,8-9H2,(H,18,19). The van der Waals surface area contributed by atoms with Gasteiger partial charge in [-0.25, -0.2) is 4.79 Å². The van der Waals surface area contributed by atoms with Gasteiger partial charge in [-0.05, 0) is 35.4 Å². The first-order valence-corrected chi connectivity index (χ1v) is 8.31. The Hall–Kier alpha value is -1.36. The molecule has 2 aromatic carbocycles. The van der Waals surface area contributed by atoms with Crippen molar-refractivity contribution in [3.05, 3.63) is 69.2 Å². The van der Waals surface area contributed by atoms with Crippen LogP contribution in [0.25, 0.3) is 0 Å². The molecule has 21 heavy (non-hydrogen) atoms. The van der Waals surface area contributed by atoms with Crippen LogP contribution in [0.5, 0.6) is 0 Å². The van der Waals surface area contributed by atoms with E-state index in [2.05, 4.69) is 0 Å². The van der Waals surface area contributed by atoms with Gasteiger partial charge in [0.05, 0.1) is 15.6 Å². The van der Waals surface area contributed by atoms with Crippen molar-refractivity contribution >= 4 is 40.0 Å². The number of halogens is 2. The van der Waals surface area contributed by atoms with Gasteiger partial charge in [-0.3, -0.25) is 4.21 Å². The summed E-state index contributed by atoms with van der Waals surface area (Å²) >= 11 is 11.7. The van der Waals surface area contributed by atoms with Crippen LogP contribution >= 0.6 is 23.2 Å². The summed E-state index contributed by atoms with van der Waals surface area (Å²) in [6, 6.07) is 11.6. The summed E-state index contributed by atoms with van der Waals surface area (Å²) in [5.41, 5.74) is 1.75. The molecule has 0 aromatic heterocycles. The van der Waals surface area contributed by atoms with Crippen LogP contribution < -0.4 is 0 Å². The Kier molecular flexibility index (Phi) is 5.39. The van der Waals surface area contributed by atoms with E-state index >= 15 is 0 Å². The molecule has 110 valence electrons. The molecule has 0 fully saturated rings. The van der Waals surface area contributed by atoms with Gasteiger partial charge in [0.25, 0.3) is 0 Å². The van der Waals surface area contributed by atoms with E-state index in [0.29, 0.717) is 21.6 Å². The van der Waals surface area contributed by atoms with E-state index < -0.39 is 16.8 Å². The van der Waals surface area contributed by atoms with Crippen LogP contribution in [0.15, 0.2) is 42.5 Å². The summed E-state index contributed by atoms with van der Waals surface area (Å²) in [5.74, 6) is -0.359. The van der Waals surface area contributed by atoms with E-state index in [1.807, 2.05) is 0 Å². The predicted octanol–water partition coefficient (Wildman–Crippen LogP) is 4.14. The molecule has 0 saturated heterocycles. The highest BCUT2D eigenvalue weighted by Gasteiger charge is 2.08. The maximum absolute atomic E-state index is 12.1. The molecule has 0 spiro atoms. The van der Waals surface area contributed by atoms with Gasteiger partial charge in [-0.15, -0.1) is 0 Å². The minimum Gasteiger partial charge on any atom is -0.478 e. The summed E-state index contributed by atoms with van der Waals surface area (Å²) in [7, 11) is -1.15. The minimum atomic E-state index is -1.15. The highest BCUT2D eigenvalue weighted by molar-refractivity contribution is 7.83. The third-order valence-corrected chi connectivity index (χ3v) is 4.86. The van der Waals surface area contributed by atoms with E-state index in [9.17, 15) is 9.00 Å². The van der Waals surface area contributed by atoms with Gasteiger partial charge in [0.1, 0.15) is 0 Å². The summed E-state index contributed by atoms with van der Waals surface area (Å²) < 4.78 is 12.1. The van der Waals surface area contributed by atoms with Crippen LogP contribution in [0, 0.1) is 0 Å². The number of benzene rings is 2. The number of aromatic carboxylic acids is 1. The zero-order valence-corrected chi connectivity index (χ0v) is 13.2. The summed E-state index contributed by atoms with van der Waals surface area (Å²) in [4.78, 5) is 10.9. The molecule has 2 rings (SSSR count). The van der Waals surface area contributed by atoms with Gasteiger partial charge in [-0.1, -0.05) is 41.4 Å². The number of hydrogen-bond acceptors (Lipinski definition) is 2. The topological polar surface area (TPSA) is 54.4 Å². The van der Waals surface area contributed by atoms with Crippen molar-refractivity contribution in [3.63, 3.8) is 0 Å². The van der Waals surface area contributed by atoms with Crippen molar-refractivity contribution in [2.45, 2.75) is 11.5 Å². The molecule has 2 aromatic rings. The van der Waals surface area contributed by atoms with Gasteiger partial charge >= 0.3 is 5.97 Å². The zero-order chi connectivity index (χ0) is 15.4. The molecule has 0 bridgehead atoms. The second-order valence-corrected chi connectivity index (χ2v) is 6.75. The van der Waals surface area contributed by atoms with Crippen molar-refractivity contribution in [2.75, 3.05) is 0 Å². The molecule has 0 aliphatic rings. The number of carbonyl (C=O) groups is 1. The summed E-state index contributed by atoms with van der Waals surface area (Å²) in [6.45, 7) is 0. The first-order chi connectivity index (χ1) is 9.95. The Bertz CT molecular complexity index is 701. The molecule has 3 nitrogen and oxygen atoms in total. The highest BCUT2D eigenvalue weighted by atomic mass is 35.5. The second kappa shape index (κ2) is 7.07. The molecule has 0 saturated carbocycles. The SMILES string of the molecule is O=C(O)c1cccc(CS(=O)Cc2ccc(Cl)c(Cl)c2)c1. The van der Waals surface area contributed by atoms with Crippen LogP contribution in [0.3, 0.4) is 0 Å². The average Bonchev–Trinajstić information content (AvgIpc) is 2.43. The molecule has 0 aliphatic carbocycles. The van der Waals surface area contributed by atoms with Gasteiger partial charge in [0.2, 0.25) is 0 Å². The Morgan fingerprint density at radius 2 is 1.67 bits per heavy atom. The smallest absolute Gasteiger partial charge is 0.335 e. The first kappa shape index (κ1) is 16.0. The Balaban J connectivity index is 2.06. The average molecular weight is 343 g/mol. The van der Waals surface area contributed by atoms with Crippen LogP contribution in [0.4, 0.5) is 0 Å². The lowest BCUT2D eigenvalue weighted by atomic mass is 10.1.